The molecule has 1 unspecified atom stereocenters. The molecule has 1 atom stereocenters. The second-order valence-corrected chi connectivity index (χ2v) is 7.37. The molecular weight excluding hydrogens is 316 g/mol. The number of aromatic nitrogens is 2. The first-order valence-corrected chi connectivity index (χ1v) is 8.77. The van der Waals surface area contributed by atoms with E-state index in [2.05, 4.69) is 15.7 Å². The molecule has 1 amide bonds. The van der Waals surface area contributed by atoms with Crippen molar-refractivity contribution in [1.29, 1.82) is 0 Å². The molecule has 2 aromatic rings. The summed E-state index contributed by atoms with van der Waals surface area (Å²) in [5, 5.41) is 10.7. The van der Waals surface area contributed by atoms with Crippen molar-refractivity contribution in [3.8, 4) is 5.75 Å². The molecule has 0 saturated carbocycles. The summed E-state index contributed by atoms with van der Waals surface area (Å²) in [7, 11) is 0. The van der Waals surface area contributed by atoms with Crippen LogP contribution in [0.3, 0.4) is 0 Å². The highest BCUT2D eigenvalue weighted by molar-refractivity contribution is 6.02. The molecular formula is C19H26N4O2. The van der Waals surface area contributed by atoms with Gasteiger partial charge in [-0.05, 0) is 70.5 Å². The summed E-state index contributed by atoms with van der Waals surface area (Å²) in [5.41, 5.74) is 0.909. The largest absolute Gasteiger partial charge is 0.488 e. The lowest BCUT2D eigenvalue weighted by Crippen LogP contribution is -2.32. The first-order valence-electron chi connectivity index (χ1n) is 8.77. The normalized spacial score (nSPS) is 18.0. The summed E-state index contributed by atoms with van der Waals surface area (Å²) in [6.07, 6.45) is 4.10. The zero-order chi connectivity index (χ0) is 17.9. The van der Waals surface area contributed by atoms with Gasteiger partial charge in [0, 0.05) is 18.4 Å². The number of carbonyl (C=O) groups excluding carboxylic acids is 1. The van der Waals surface area contributed by atoms with E-state index in [9.17, 15) is 4.79 Å². The van der Waals surface area contributed by atoms with Crippen molar-refractivity contribution in [2.75, 3.05) is 18.4 Å². The fourth-order valence-electron chi connectivity index (χ4n) is 2.88. The molecule has 1 fully saturated rings. The Balaban J connectivity index is 1.61. The molecule has 6 nitrogen and oxygen atoms in total. The van der Waals surface area contributed by atoms with Gasteiger partial charge >= 0.3 is 0 Å². The minimum absolute atomic E-state index is 0.202. The summed E-state index contributed by atoms with van der Waals surface area (Å²) in [5.74, 6) is 0.576. The third-order valence-corrected chi connectivity index (χ3v) is 4.02. The van der Waals surface area contributed by atoms with Crippen molar-refractivity contribution in [3.05, 3.63) is 42.2 Å². The van der Waals surface area contributed by atoms with Crippen molar-refractivity contribution >= 4 is 11.6 Å². The van der Waals surface area contributed by atoms with E-state index in [0.29, 0.717) is 11.7 Å². The van der Waals surface area contributed by atoms with E-state index in [-0.39, 0.29) is 11.5 Å². The molecule has 0 aliphatic carbocycles. The summed E-state index contributed by atoms with van der Waals surface area (Å²) < 4.78 is 7.67. The van der Waals surface area contributed by atoms with E-state index in [1.54, 1.807) is 6.07 Å². The number of nitrogens with zero attached hydrogens (tertiary/aromatic N) is 2. The fraction of sp³-hybridized carbons (Fsp3) is 0.474. The molecule has 0 radical (unpaired) electrons. The molecule has 2 N–H and O–H groups in total. The Hall–Kier alpha value is -2.34. The Kier molecular flexibility index (Phi) is 5.08. The van der Waals surface area contributed by atoms with Crippen molar-refractivity contribution in [2.45, 2.75) is 45.3 Å². The van der Waals surface area contributed by atoms with Gasteiger partial charge in [0.2, 0.25) is 0 Å². The molecule has 1 aliphatic rings. The molecule has 2 heterocycles. The van der Waals surface area contributed by atoms with Gasteiger partial charge in [-0.2, -0.15) is 5.10 Å². The highest BCUT2D eigenvalue weighted by atomic mass is 16.5. The molecule has 0 bridgehead atoms. The summed E-state index contributed by atoms with van der Waals surface area (Å²) in [6, 6.07) is 9.47. The second kappa shape index (κ2) is 7.27. The maximum absolute atomic E-state index is 12.4. The highest BCUT2D eigenvalue weighted by Crippen LogP contribution is 2.21. The van der Waals surface area contributed by atoms with Crippen LogP contribution in [0.4, 0.5) is 5.69 Å². The highest BCUT2D eigenvalue weighted by Gasteiger charge is 2.18. The van der Waals surface area contributed by atoms with Gasteiger partial charge in [-0.1, -0.05) is 0 Å². The van der Waals surface area contributed by atoms with Crippen LogP contribution >= 0.6 is 0 Å². The van der Waals surface area contributed by atoms with Gasteiger partial charge in [0.05, 0.1) is 6.04 Å². The van der Waals surface area contributed by atoms with Crippen LogP contribution in [-0.4, -0.2) is 34.4 Å². The van der Waals surface area contributed by atoms with Gasteiger partial charge in [-0.15, -0.1) is 0 Å². The third-order valence-electron chi connectivity index (χ3n) is 4.02. The number of anilines is 1. The smallest absolute Gasteiger partial charge is 0.276 e. The monoisotopic (exact) mass is 342 g/mol. The van der Waals surface area contributed by atoms with Gasteiger partial charge in [-0.3, -0.25) is 9.48 Å². The van der Waals surface area contributed by atoms with E-state index in [1.807, 2.05) is 55.9 Å². The van der Waals surface area contributed by atoms with E-state index < -0.39 is 0 Å². The molecule has 134 valence electrons. The first kappa shape index (κ1) is 17.5. The van der Waals surface area contributed by atoms with Crippen LogP contribution in [0, 0.1) is 0 Å². The number of rotatable bonds is 4. The van der Waals surface area contributed by atoms with Gasteiger partial charge in [0.15, 0.2) is 5.69 Å². The minimum atomic E-state index is -0.244. The number of piperidine rings is 1. The maximum atomic E-state index is 12.4. The summed E-state index contributed by atoms with van der Waals surface area (Å²) in [4.78, 5) is 12.4. The lowest BCUT2D eigenvalue weighted by atomic mass is 10.1. The number of benzene rings is 1. The van der Waals surface area contributed by atoms with Crippen LogP contribution in [0.2, 0.25) is 0 Å². The number of carbonyl (C=O) groups is 1. The number of hydrogen-bond donors (Lipinski definition) is 2. The average Bonchev–Trinajstić information content (AvgIpc) is 3.06. The minimum Gasteiger partial charge on any atom is -0.488 e. The van der Waals surface area contributed by atoms with Crippen LogP contribution < -0.4 is 15.4 Å². The second-order valence-electron chi connectivity index (χ2n) is 7.37. The van der Waals surface area contributed by atoms with E-state index in [0.717, 1.165) is 37.4 Å². The maximum Gasteiger partial charge on any atom is 0.276 e. The van der Waals surface area contributed by atoms with Gasteiger partial charge < -0.3 is 15.4 Å². The topological polar surface area (TPSA) is 68.2 Å². The Labute approximate surface area is 148 Å². The van der Waals surface area contributed by atoms with Crippen molar-refractivity contribution in [1.82, 2.24) is 15.1 Å². The van der Waals surface area contributed by atoms with E-state index in [1.165, 1.54) is 0 Å². The zero-order valence-electron chi connectivity index (χ0n) is 15.1. The SMILES string of the molecule is CC(C)(C)Oc1ccc(NC(=O)c2ccn(C3CCCNC3)n2)cc1. The van der Waals surface area contributed by atoms with Crippen molar-refractivity contribution in [3.63, 3.8) is 0 Å². The Morgan fingerprint density at radius 2 is 2.04 bits per heavy atom. The average molecular weight is 342 g/mol. The fourth-order valence-corrected chi connectivity index (χ4v) is 2.88. The Morgan fingerprint density at radius 1 is 1.28 bits per heavy atom. The predicted molar refractivity (Wildman–Crippen MR) is 98.1 cm³/mol. The predicted octanol–water partition coefficient (Wildman–Crippen LogP) is 3.24. The van der Waals surface area contributed by atoms with Crippen LogP contribution in [0.5, 0.6) is 5.75 Å². The number of amides is 1. The number of hydrogen-bond acceptors (Lipinski definition) is 4. The molecule has 25 heavy (non-hydrogen) atoms. The van der Waals surface area contributed by atoms with Crippen LogP contribution in [0.25, 0.3) is 0 Å². The lowest BCUT2D eigenvalue weighted by Gasteiger charge is -2.22. The van der Waals surface area contributed by atoms with Crippen LogP contribution in [0.1, 0.15) is 50.1 Å². The number of nitrogens with one attached hydrogen (secondary N) is 2. The molecule has 0 spiro atoms. The van der Waals surface area contributed by atoms with Crippen LogP contribution in [-0.2, 0) is 0 Å². The van der Waals surface area contributed by atoms with E-state index >= 15 is 0 Å². The van der Waals surface area contributed by atoms with Crippen LogP contribution in [0.15, 0.2) is 36.5 Å². The first-order chi connectivity index (χ1) is 11.9. The van der Waals surface area contributed by atoms with Gasteiger partial charge in [-0.25, -0.2) is 0 Å². The van der Waals surface area contributed by atoms with Crippen molar-refractivity contribution in [2.24, 2.45) is 0 Å². The molecule has 1 saturated heterocycles. The third kappa shape index (κ3) is 4.82. The standard InChI is InChI=1S/C19H26N4O2/c1-19(2,3)25-16-8-6-14(7-9-16)21-18(24)17-10-12-23(22-17)15-5-4-11-20-13-15/h6-10,12,15,20H,4-5,11,13H2,1-3H3,(H,21,24). The molecule has 1 aromatic carbocycles. The molecule has 6 heteroatoms. The zero-order valence-corrected chi connectivity index (χ0v) is 15.1. The molecule has 3 rings (SSSR count). The summed E-state index contributed by atoms with van der Waals surface area (Å²) >= 11 is 0. The van der Waals surface area contributed by atoms with Gasteiger partial charge in [0.25, 0.3) is 5.91 Å². The quantitative estimate of drug-likeness (QED) is 0.895. The van der Waals surface area contributed by atoms with Crippen molar-refractivity contribution < 1.29 is 9.53 Å². The van der Waals surface area contributed by atoms with E-state index in [4.69, 9.17) is 4.74 Å². The summed E-state index contributed by atoms with van der Waals surface area (Å²) in [6.45, 7) is 7.96. The Bertz CT molecular complexity index is 710. The molecule has 1 aliphatic heterocycles. The Morgan fingerprint density at radius 3 is 2.68 bits per heavy atom. The van der Waals surface area contributed by atoms with Gasteiger partial charge in [0.1, 0.15) is 11.4 Å². The lowest BCUT2D eigenvalue weighted by molar-refractivity contribution is 0.102. The molecule has 1 aromatic heterocycles. The number of ether oxygens (including phenoxy) is 1.